The Morgan fingerprint density at radius 2 is 1.83 bits per heavy atom. The predicted octanol–water partition coefficient (Wildman–Crippen LogP) is 1.79. The van der Waals surface area contributed by atoms with Crippen LogP contribution in [0.15, 0.2) is 36.9 Å². The van der Waals surface area contributed by atoms with Crippen LogP contribution >= 0.6 is 11.6 Å². The first-order valence-electron chi connectivity index (χ1n) is 7.50. The van der Waals surface area contributed by atoms with Crippen LogP contribution in [0.2, 0.25) is 5.02 Å². The van der Waals surface area contributed by atoms with Gasteiger partial charge in [0, 0.05) is 43.4 Å². The monoisotopic (exact) mass is 336 g/mol. The number of nitrogens with zero attached hydrogens (tertiary/aromatic N) is 2. The van der Waals surface area contributed by atoms with Gasteiger partial charge < -0.3 is 15.5 Å². The molecule has 0 bridgehead atoms. The molecule has 0 unspecified atom stereocenters. The van der Waals surface area contributed by atoms with Gasteiger partial charge >= 0.3 is 6.03 Å². The maximum Gasteiger partial charge on any atom is 0.321 e. The first-order valence-corrected chi connectivity index (χ1v) is 7.87. The SMILES string of the molecule is C=CCNC(=O)CN1CCN(C(=O)Nc2ccc(Cl)cc2)CC1. The van der Waals surface area contributed by atoms with Crippen molar-refractivity contribution in [2.24, 2.45) is 0 Å². The fourth-order valence-electron chi connectivity index (χ4n) is 2.29. The summed E-state index contributed by atoms with van der Waals surface area (Å²) in [7, 11) is 0. The summed E-state index contributed by atoms with van der Waals surface area (Å²) in [6.45, 7) is 6.92. The van der Waals surface area contributed by atoms with Crippen LogP contribution < -0.4 is 10.6 Å². The average Bonchev–Trinajstić information content (AvgIpc) is 2.55. The molecule has 2 N–H and O–H groups in total. The number of nitrogens with one attached hydrogen (secondary N) is 2. The number of hydrogen-bond donors (Lipinski definition) is 2. The molecule has 0 saturated carbocycles. The van der Waals surface area contributed by atoms with E-state index in [2.05, 4.69) is 17.2 Å². The molecular weight excluding hydrogens is 316 g/mol. The van der Waals surface area contributed by atoms with Crippen molar-refractivity contribution in [1.82, 2.24) is 15.1 Å². The Morgan fingerprint density at radius 3 is 2.43 bits per heavy atom. The number of amides is 3. The molecule has 23 heavy (non-hydrogen) atoms. The normalized spacial score (nSPS) is 15.1. The highest BCUT2D eigenvalue weighted by Gasteiger charge is 2.22. The molecule has 1 aromatic rings. The number of piperazine rings is 1. The molecule has 3 amide bonds. The second-order valence-electron chi connectivity index (χ2n) is 5.29. The van der Waals surface area contributed by atoms with Gasteiger partial charge in [0.25, 0.3) is 0 Å². The Balaban J connectivity index is 1.75. The van der Waals surface area contributed by atoms with Crippen LogP contribution in [0.4, 0.5) is 10.5 Å². The number of carbonyl (C=O) groups excluding carboxylic acids is 2. The Bertz CT molecular complexity index is 554. The van der Waals surface area contributed by atoms with Gasteiger partial charge in [-0.1, -0.05) is 17.7 Å². The minimum atomic E-state index is -0.136. The number of hydrogen-bond acceptors (Lipinski definition) is 3. The summed E-state index contributed by atoms with van der Waals surface area (Å²) in [6.07, 6.45) is 1.65. The van der Waals surface area contributed by atoms with Crippen LogP contribution in [-0.4, -0.2) is 61.0 Å². The summed E-state index contributed by atoms with van der Waals surface area (Å²) in [5.41, 5.74) is 0.714. The molecule has 1 saturated heterocycles. The summed E-state index contributed by atoms with van der Waals surface area (Å²) in [5, 5.41) is 6.22. The Morgan fingerprint density at radius 1 is 1.17 bits per heavy atom. The van der Waals surface area contributed by atoms with E-state index in [1.807, 2.05) is 4.90 Å². The number of carbonyl (C=O) groups is 2. The number of benzene rings is 1. The van der Waals surface area contributed by atoms with E-state index in [9.17, 15) is 9.59 Å². The van der Waals surface area contributed by atoms with Crippen molar-refractivity contribution in [3.63, 3.8) is 0 Å². The van der Waals surface area contributed by atoms with Crippen molar-refractivity contribution in [3.8, 4) is 0 Å². The minimum Gasteiger partial charge on any atom is -0.352 e. The van der Waals surface area contributed by atoms with Crippen LogP contribution in [0.5, 0.6) is 0 Å². The molecule has 2 rings (SSSR count). The fraction of sp³-hybridized carbons (Fsp3) is 0.375. The van der Waals surface area contributed by atoms with Gasteiger partial charge in [-0.25, -0.2) is 4.79 Å². The number of rotatable bonds is 5. The lowest BCUT2D eigenvalue weighted by molar-refractivity contribution is -0.122. The van der Waals surface area contributed by atoms with E-state index < -0.39 is 0 Å². The number of halogens is 1. The zero-order valence-electron chi connectivity index (χ0n) is 12.9. The maximum atomic E-state index is 12.2. The minimum absolute atomic E-state index is 0.0241. The number of urea groups is 1. The highest BCUT2D eigenvalue weighted by molar-refractivity contribution is 6.30. The van der Waals surface area contributed by atoms with E-state index >= 15 is 0 Å². The van der Waals surface area contributed by atoms with E-state index in [0.29, 0.717) is 50.0 Å². The molecule has 124 valence electrons. The van der Waals surface area contributed by atoms with E-state index in [1.165, 1.54) is 0 Å². The maximum absolute atomic E-state index is 12.2. The number of anilines is 1. The standard InChI is InChI=1S/C16H21ClN4O2/c1-2-7-18-15(22)12-20-8-10-21(11-9-20)16(23)19-14-5-3-13(17)4-6-14/h2-6H,1,7-12H2,(H,18,22)(H,19,23). The summed E-state index contributed by atoms with van der Waals surface area (Å²) in [5.74, 6) is -0.0241. The van der Waals surface area contributed by atoms with Gasteiger partial charge in [0.15, 0.2) is 0 Å². The van der Waals surface area contributed by atoms with Crippen molar-refractivity contribution < 1.29 is 9.59 Å². The van der Waals surface area contributed by atoms with Crippen LogP contribution in [0.3, 0.4) is 0 Å². The largest absolute Gasteiger partial charge is 0.352 e. The zero-order valence-corrected chi connectivity index (χ0v) is 13.7. The summed E-state index contributed by atoms with van der Waals surface area (Å²) >= 11 is 5.82. The smallest absolute Gasteiger partial charge is 0.321 e. The summed E-state index contributed by atoms with van der Waals surface area (Å²) < 4.78 is 0. The van der Waals surface area contributed by atoms with Crippen molar-refractivity contribution in [3.05, 3.63) is 41.9 Å². The third-order valence-corrected chi connectivity index (χ3v) is 3.82. The second kappa shape index (κ2) is 8.55. The molecule has 0 aliphatic carbocycles. The molecule has 6 nitrogen and oxygen atoms in total. The third kappa shape index (κ3) is 5.58. The highest BCUT2D eigenvalue weighted by atomic mass is 35.5. The molecule has 1 aliphatic rings. The Labute approximate surface area is 141 Å². The molecule has 0 aromatic heterocycles. The van der Waals surface area contributed by atoms with Crippen molar-refractivity contribution in [2.45, 2.75) is 0 Å². The lowest BCUT2D eigenvalue weighted by Crippen LogP contribution is -2.52. The molecule has 0 atom stereocenters. The molecule has 0 radical (unpaired) electrons. The lowest BCUT2D eigenvalue weighted by Gasteiger charge is -2.34. The topological polar surface area (TPSA) is 64.7 Å². The van der Waals surface area contributed by atoms with E-state index in [0.717, 1.165) is 0 Å². The van der Waals surface area contributed by atoms with Crippen molar-refractivity contribution in [1.29, 1.82) is 0 Å². The van der Waals surface area contributed by atoms with Gasteiger partial charge in [-0.05, 0) is 24.3 Å². The van der Waals surface area contributed by atoms with Gasteiger partial charge in [-0.3, -0.25) is 9.69 Å². The molecular formula is C16H21ClN4O2. The van der Waals surface area contributed by atoms with Gasteiger partial charge in [-0.2, -0.15) is 0 Å². The molecule has 1 aliphatic heterocycles. The predicted molar refractivity (Wildman–Crippen MR) is 91.7 cm³/mol. The van der Waals surface area contributed by atoms with Gasteiger partial charge in [0.05, 0.1) is 6.54 Å². The van der Waals surface area contributed by atoms with Crippen LogP contribution in [-0.2, 0) is 4.79 Å². The van der Waals surface area contributed by atoms with Gasteiger partial charge in [-0.15, -0.1) is 6.58 Å². The molecule has 1 fully saturated rings. The van der Waals surface area contributed by atoms with Crippen molar-refractivity contribution >= 4 is 29.2 Å². The molecule has 0 spiro atoms. The summed E-state index contributed by atoms with van der Waals surface area (Å²) in [4.78, 5) is 27.6. The Kier molecular flexibility index (Phi) is 6.43. The third-order valence-electron chi connectivity index (χ3n) is 3.57. The molecule has 7 heteroatoms. The quantitative estimate of drug-likeness (QED) is 0.806. The zero-order chi connectivity index (χ0) is 16.7. The highest BCUT2D eigenvalue weighted by Crippen LogP contribution is 2.14. The van der Waals surface area contributed by atoms with Crippen LogP contribution in [0.25, 0.3) is 0 Å². The van der Waals surface area contributed by atoms with Gasteiger partial charge in [0.1, 0.15) is 0 Å². The molecule has 1 aromatic carbocycles. The van der Waals surface area contributed by atoms with E-state index in [4.69, 9.17) is 11.6 Å². The molecule has 1 heterocycles. The van der Waals surface area contributed by atoms with Gasteiger partial charge in [0.2, 0.25) is 5.91 Å². The van der Waals surface area contributed by atoms with E-state index in [1.54, 1.807) is 35.2 Å². The summed E-state index contributed by atoms with van der Waals surface area (Å²) in [6, 6.07) is 6.86. The first kappa shape index (κ1) is 17.3. The average molecular weight is 337 g/mol. The second-order valence-corrected chi connectivity index (χ2v) is 5.73. The fourth-order valence-corrected chi connectivity index (χ4v) is 2.42. The van der Waals surface area contributed by atoms with Crippen LogP contribution in [0.1, 0.15) is 0 Å². The Hall–Kier alpha value is -2.05. The van der Waals surface area contributed by atoms with Crippen molar-refractivity contribution in [2.75, 3.05) is 44.6 Å². The lowest BCUT2D eigenvalue weighted by atomic mass is 10.3. The van der Waals surface area contributed by atoms with E-state index in [-0.39, 0.29) is 11.9 Å². The van der Waals surface area contributed by atoms with Crippen LogP contribution in [0, 0.1) is 0 Å². The first-order chi connectivity index (χ1) is 11.1.